The predicted molar refractivity (Wildman–Crippen MR) is 86.7 cm³/mol. The van der Waals surface area contributed by atoms with Crippen LogP contribution in [0.25, 0.3) is 0 Å². The topological polar surface area (TPSA) is 78.3 Å². The van der Waals surface area contributed by atoms with Crippen LogP contribution in [0.15, 0.2) is 34.7 Å². The number of furan rings is 1. The van der Waals surface area contributed by atoms with Gasteiger partial charge in [-0.2, -0.15) is 0 Å². The van der Waals surface area contributed by atoms with Crippen molar-refractivity contribution < 1.29 is 28.2 Å². The number of carbonyl (C=O) groups excluding carboxylic acids is 2. The van der Waals surface area contributed by atoms with E-state index in [-0.39, 0.29) is 30.1 Å². The van der Waals surface area contributed by atoms with Crippen LogP contribution in [0.5, 0.6) is 0 Å². The number of rotatable bonds is 1. The molecule has 5 aliphatic rings. The van der Waals surface area contributed by atoms with Gasteiger partial charge in [-0.05, 0) is 31.7 Å². The first-order valence-corrected chi connectivity index (χ1v) is 9.30. The number of carbonyl (C=O) groups is 2. The Morgan fingerprint density at radius 3 is 2.96 bits per heavy atom. The third-order valence-electron chi connectivity index (χ3n) is 7.70. The zero-order chi connectivity index (χ0) is 17.7. The summed E-state index contributed by atoms with van der Waals surface area (Å²) >= 11 is 0. The lowest BCUT2D eigenvalue weighted by Gasteiger charge is -2.57. The maximum Gasteiger partial charge on any atom is 0.334 e. The molecule has 0 N–H and O–H groups in total. The third kappa shape index (κ3) is 1.43. The fourth-order valence-electron chi connectivity index (χ4n) is 6.55. The highest BCUT2D eigenvalue weighted by Crippen LogP contribution is 2.76. The Bertz CT molecular complexity index is 856. The second-order valence-electron chi connectivity index (χ2n) is 8.55. The van der Waals surface area contributed by atoms with Gasteiger partial charge in [0.05, 0.1) is 30.0 Å². The molecule has 1 aromatic rings. The van der Waals surface area contributed by atoms with Crippen molar-refractivity contribution in [1.82, 2.24) is 0 Å². The molecule has 6 rings (SSSR count). The molecule has 1 saturated carbocycles. The molecule has 6 nitrogen and oxygen atoms in total. The standard InChI is InChI=1S/C20H20O6/c1-18-8-14(11-5-7-23-9-11)25-17(22)12(18)4-6-19-10-24-16(21)13(19)2-3-15-20(18,19)26-15/h2,5,7,9,12,14-15H,3-4,6,8,10H2,1H3/t12-,14-,15-,18+,19-,20+/m1/s1. The number of ether oxygens (including phenoxy) is 3. The number of esters is 2. The molecule has 0 bridgehead atoms. The normalized spacial score (nSPS) is 48.3. The van der Waals surface area contributed by atoms with Gasteiger partial charge in [0.25, 0.3) is 0 Å². The molecule has 3 aliphatic heterocycles. The van der Waals surface area contributed by atoms with E-state index in [1.165, 1.54) is 0 Å². The molecule has 1 aromatic heterocycles. The summed E-state index contributed by atoms with van der Waals surface area (Å²) in [5.74, 6) is -0.591. The number of hydrogen-bond donors (Lipinski definition) is 0. The van der Waals surface area contributed by atoms with E-state index >= 15 is 0 Å². The highest BCUT2D eigenvalue weighted by molar-refractivity contribution is 5.94. The lowest BCUT2D eigenvalue weighted by molar-refractivity contribution is -0.194. The Kier molecular flexibility index (Phi) is 2.55. The van der Waals surface area contributed by atoms with Gasteiger partial charge in [-0.15, -0.1) is 0 Å². The van der Waals surface area contributed by atoms with Crippen LogP contribution in [0.2, 0.25) is 0 Å². The fourth-order valence-corrected chi connectivity index (χ4v) is 6.55. The molecule has 6 heteroatoms. The summed E-state index contributed by atoms with van der Waals surface area (Å²) in [7, 11) is 0. The van der Waals surface area contributed by atoms with E-state index in [1.807, 2.05) is 12.1 Å². The zero-order valence-corrected chi connectivity index (χ0v) is 14.5. The first kappa shape index (κ1) is 15.0. The average molecular weight is 356 g/mol. The predicted octanol–water partition coefficient (Wildman–Crippen LogP) is 2.69. The van der Waals surface area contributed by atoms with Gasteiger partial charge in [-0.1, -0.05) is 13.0 Å². The molecule has 0 unspecified atom stereocenters. The van der Waals surface area contributed by atoms with Crippen molar-refractivity contribution >= 4 is 11.9 Å². The van der Waals surface area contributed by atoms with Crippen molar-refractivity contribution in [1.29, 1.82) is 0 Å². The minimum absolute atomic E-state index is 0.0458. The molecule has 2 spiro atoms. The van der Waals surface area contributed by atoms with Gasteiger partial charge >= 0.3 is 11.9 Å². The quantitative estimate of drug-likeness (QED) is 0.569. The molecular weight excluding hydrogens is 336 g/mol. The largest absolute Gasteiger partial charge is 0.472 e. The molecule has 4 heterocycles. The summed E-state index contributed by atoms with van der Waals surface area (Å²) in [6.45, 7) is 2.51. The van der Waals surface area contributed by atoms with Gasteiger partial charge in [0.2, 0.25) is 0 Å². The Morgan fingerprint density at radius 2 is 2.15 bits per heavy atom. The first-order valence-electron chi connectivity index (χ1n) is 9.30. The van der Waals surface area contributed by atoms with Gasteiger partial charge in [0.1, 0.15) is 18.3 Å². The fraction of sp³-hybridized carbons (Fsp3) is 0.600. The molecule has 0 amide bonds. The number of fused-ring (bicyclic) bond motifs is 1. The van der Waals surface area contributed by atoms with Gasteiger partial charge in [-0.3, -0.25) is 4.79 Å². The molecule has 6 atom stereocenters. The average Bonchev–Trinajstić information content (AvgIpc) is 2.99. The third-order valence-corrected chi connectivity index (χ3v) is 7.70. The van der Waals surface area contributed by atoms with E-state index in [0.29, 0.717) is 25.9 Å². The summed E-state index contributed by atoms with van der Waals surface area (Å²) in [6.07, 6.45) is 7.74. The van der Waals surface area contributed by atoms with Crippen LogP contribution < -0.4 is 0 Å². The van der Waals surface area contributed by atoms with Crippen LogP contribution in [0.3, 0.4) is 0 Å². The molecule has 0 radical (unpaired) electrons. The van der Waals surface area contributed by atoms with Gasteiger partial charge < -0.3 is 18.6 Å². The second kappa shape index (κ2) is 4.42. The second-order valence-corrected chi connectivity index (χ2v) is 8.55. The van der Waals surface area contributed by atoms with Crippen LogP contribution in [0.1, 0.15) is 44.3 Å². The van der Waals surface area contributed by atoms with E-state index < -0.39 is 16.4 Å². The Balaban J connectivity index is 1.49. The van der Waals surface area contributed by atoms with Crippen molar-refractivity contribution in [3.05, 3.63) is 35.8 Å². The van der Waals surface area contributed by atoms with Gasteiger partial charge in [0, 0.05) is 16.6 Å². The lowest BCUT2D eigenvalue weighted by atomic mass is 9.45. The maximum absolute atomic E-state index is 12.9. The van der Waals surface area contributed by atoms with Gasteiger partial charge in [-0.25, -0.2) is 4.79 Å². The number of hydrogen-bond acceptors (Lipinski definition) is 6. The van der Waals surface area contributed by atoms with E-state index in [0.717, 1.165) is 17.6 Å². The lowest BCUT2D eigenvalue weighted by Crippen LogP contribution is -2.63. The van der Waals surface area contributed by atoms with Crippen LogP contribution in [0.4, 0.5) is 0 Å². The van der Waals surface area contributed by atoms with Crippen molar-refractivity contribution in [3.63, 3.8) is 0 Å². The molecule has 3 saturated heterocycles. The molecule has 136 valence electrons. The van der Waals surface area contributed by atoms with E-state index in [2.05, 4.69) is 6.92 Å². The first-order chi connectivity index (χ1) is 12.5. The Hall–Kier alpha value is -2.08. The molecule has 26 heavy (non-hydrogen) atoms. The highest BCUT2D eigenvalue weighted by Gasteiger charge is 2.84. The van der Waals surface area contributed by atoms with Gasteiger partial charge in [0.15, 0.2) is 0 Å². The van der Waals surface area contributed by atoms with Crippen molar-refractivity contribution in [2.75, 3.05) is 6.61 Å². The van der Waals surface area contributed by atoms with Crippen molar-refractivity contribution in [2.45, 2.75) is 50.4 Å². The van der Waals surface area contributed by atoms with E-state index in [9.17, 15) is 9.59 Å². The summed E-state index contributed by atoms with van der Waals surface area (Å²) in [5, 5.41) is 0. The van der Waals surface area contributed by atoms with Crippen LogP contribution in [0, 0.1) is 16.7 Å². The monoisotopic (exact) mass is 356 g/mol. The van der Waals surface area contributed by atoms with Crippen LogP contribution in [-0.2, 0) is 23.8 Å². The summed E-state index contributed by atoms with van der Waals surface area (Å²) in [4.78, 5) is 25.3. The summed E-state index contributed by atoms with van der Waals surface area (Å²) in [5.41, 5.74) is 0.305. The summed E-state index contributed by atoms with van der Waals surface area (Å²) in [6, 6.07) is 1.84. The number of cyclic esters (lactones) is 2. The smallest absolute Gasteiger partial charge is 0.334 e. The SMILES string of the molecule is C[C@]12C[C@H](c3ccoc3)OC(=O)[C@H]1CC[C@@]13COC(=O)C1=CC[C@H]1O[C@]132. The van der Waals surface area contributed by atoms with E-state index in [1.54, 1.807) is 12.5 Å². The van der Waals surface area contributed by atoms with Crippen LogP contribution >= 0.6 is 0 Å². The minimum Gasteiger partial charge on any atom is -0.472 e. The minimum atomic E-state index is -0.513. The molecule has 0 aromatic carbocycles. The van der Waals surface area contributed by atoms with Crippen LogP contribution in [-0.4, -0.2) is 30.3 Å². The maximum atomic E-state index is 12.9. The Morgan fingerprint density at radius 1 is 1.27 bits per heavy atom. The molecular formula is C20H20O6. The Labute approximate surface area is 150 Å². The molecule has 4 fully saturated rings. The van der Waals surface area contributed by atoms with Crippen molar-refractivity contribution in [3.8, 4) is 0 Å². The molecule has 2 aliphatic carbocycles. The van der Waals surface area contributed by atoms with E-state index in [4.69, 9.17) is 18.6 Å². The highest BCUT2D eigenvalue weighted by atomic mass is 16.6. The zero-order valence-electron chi connectivity index (χ0n) is 14.5. The summed E-state index contributed by atoms with van der Waals surface area (Å²) < 4.78 is 22.8. The number of epoxide rings is 1. The van der Waals surface area contributed by atoms with Crippen molar-refractivity contribution in [2.24, 2.45) is 16.7 Å².